The Hall–Kier alpha value is -6.04. The monoisotopic (exact) mass is 617 g/mol. The van der Waals surface area contributed by atoms with Gasteiger partial charge >= 0.3 is 0 Å². The summed E-state index contributed by atoms with van der Waals surface area (Å²) in [5.41, 5.74) is 6.60. The molecule has 218 valence electrons. The third kappa shape index (κ3) is 3.41. The Morgan fingerprint density at radius 3 is 2.17 bits per heavy atom. The summed E-state index contributed by atoms with van der Waals surface area (Å²) in [6.07, 6.45) is 0. The molecule has 0 aliphatic heterocycles. The first kappa shape index (κ1) is 25.2. The summed E-state index contributed by atoms with van der Waals surface area (Å²) in [6.45, 7) is 0. The fourth-order valence-corrected chi connectivity index (χ4v) is 8.83. The first-order valence-electron chi connectivity index (χ1n) is 15.8. The molecule has 4 aromatic heterocycles. The van der Waals surface area contributed by atoms with E-state index in [-0.39, 0.29) is 0 Å². The number of thiophene rings is 1. The smallest absolute Gasteiger partial charge is 0.235 e. The molecule has 0 spiro atoms. The van der Waals surface area contributed by atoms with Crippen molar-refractivity contribution in [3.63, 3.8) is 0 Å². The molecule has 0 fully saturated rings. The van der Waals surface area contributed by atoms with Crippen molar-refractivity contribution in [3.8, 4) is 17.2 Å². The fraction of sp³-hybridized carbons (Fsp3) is 0. The minimum Gasteiger partial charge on any atom is -0.455 e. The maximum Gasteiger partial charge on any atom is 0.235 e. The highest BCUT2D eigenvalue weighted by molar-refractivity contribution is 7.26. The Labute approximate surface area is 271 Å². The van der Waals surface area contributed by atoms with E-state index >= 15 is 0 Å². The number of furan rings is 1. The molecule has 7 aromatic carbocycles. The summed E-state index contributed by atoms with van der Waals surface area (Å²) in [5.74, 6) is 0.641. The van der Waals surface area contributed by atoms with Crippen LogP contribution in [0.5, 0.6) is 0 Å². The molecule has 0 saturated carbocycles. The second-order valence-electron chi connectivity index (χ2n) is 12.1. The van der Waals surface area contributed by atoms with Gasteiger partial charge in [0.2, 0.25) is 5.95 Å². The Morgan fingerprint density at radius 2 is 1.26 bits per heavy atom. The van der Waals surface area contributed by atoms with E-state index in [4.69, 9.17) is 14.4 Å². The zero-order chi connectivity index (χ0) is 30.6. The van der Waals surface area contributed by atoms with E-state index < -0.39 is 0 Å². The lowest BCUT2D eigenvalue weighted by atomic mass is 9.97. The number of para-hydroxylation sites is 3. The highest BCUT2D eigenvalue weighted by Gasteiger charge is 2.23. The molecule has 5 heteroatoms. The predicted octanol–water partition coefficient (Wildman–Crippen LogP) is 11.8. The van der Waals surface area contributed by atoms with Crippen LogP contribution < -0.4 is 0 Å². The Kier molecular flexibility index (Phi) is 4.96. The number of benzene rings is 7. The topological polar surface area (TPSA) is 43.9 Å². The molecule has 4 nitrogen and oxygen atoms in total. The van der Waals surface area contributed by atoms with Gasteiger partial charge in [0.05, 0.1) is 22.2 Å². The van der Waals surface area contributed by atoms with E-state index in [0.29, 0.717) is 5.95 Å². The second-order valence-corrected chi connectivity index (χ2v) is 13.2. The van der Waals surface area contributed by atoms with Crippen molar-refractivity contribution in [2.24, 2.45) is 0 Å². The standard InChI is InChI=1S/C42H23N3OS/c1-2-12-25-24(11-1)23-31(40-37(25)30-16-5-9-19-35(30)46-40)39-28-14-3-7-17-32(28)43-42(44-39)45-33-18-8-4-15-29(33)38-34(45)22-21-27-26-13-6-10-20-36(26)47-41(27)38/h1-23H. The summed E-state index contributed by atoms with van der Waals surface area (Å²) >= 11 is 1.85. The van der Waals surface area contributed by atoms with Gasteiger partial charge in [-0.25, -0.2) is 9.97 Å². The minimum atomic E-state index is 0.641. The van der Waals surface area contributed by atoms with E-state index in [9.17, 15) is 0 Å². The van der Waals surface area contributed by atoms with Gasteiger partial charge in [0, 0.05) is 52.7 Å². The van der Waals surface area contributed by atoms with Gasteiger partial charge in [0.25, 0.3) is 0 Å². The molecule has 11 rings (SSSR count). The van der Waals surface area contributed by atoms with E-state index in [1.165, 1.54) is 36.3 Å². The van der Waals surface area contributed by atoms with Crippen molar-refractivity contribution in [1.82, 2.24) is 14.5 Å². The first-order valence-corrected chi connectivity index (χ1v) is 16.6. The maximum absolute atomic E-state index is 6.68. The number of hydrogen-bond donors (Lipinski definition) is 0. The minimum absolute atomic E-state index is 0.641. The average Bonchev–Trinajstić information content (AvgIpc) is 3.81. The molecule has 11 aromatic rings. The van der Waals surface area contributed by atoms with E-state index in [2.05, 4.69) is 126 Å². The fourth-order valence-electron chi connectivity index (χ4n) is 7.57. The lowest BCUT2D eigenvalue weighted by Gasteiger charge is -2.13. The predicted molar refractivity (Wildman–Crippen MR) is 197 cm³/mol. The van der Waals surface area contributed by atoms with Gasteiger partial charge in [-0.3, -0.25) is 4.57 Å². The SMILES string of the molecule is c1ccc2c(c1)cc(-c1nc(-n3c4ccccc4c4c5sc6ccccc6c5ccc43)nc3ccccc13)c1oc3ccccc3c12. The summed E-state index contributed by atoms with van der Waals surface area (Å²) < 4.78 is 11.5. The summed E-state index contributed by atoms with van der Waals surface area (Å²) in [5, 5.41) is 10.5. The quantitative estimate of drug-likeness (QED) is 0.194. The lowest BCUT2D eigenvalue weighted by molar-refractivity contribution is 0.670. The first-order chi connectivity index (χ1) is 23.3. The maximum atomic E-state index is 6.68. The third-order valence-electron chi connectivity index (χ3n) is 9.60. The Balaban J connectivity index is 1.28. The number of nitrogens with zero attached hydrogens (tertiary/aromatic N) is 3. The molecule has 0 aliphatic rings. The molecule has 0 radical (unpaired) electrons. The van der Waals surface area contributed by atoms with E-state index in [1.54, 1.807) is 0 Å². The summed E-state index contributed by atoms with van der Waals surface area (Å²) in [4.78, 5) is 10.7. The molecule has 0 N–H and O–H groups in total. The zero-order valence-electron chi connectivity index (χ0n) is 24.9. The van der Waals surface area contributed by atoms with Crippen LogP contribution in [0.3, 0.4) is 0 Å². The number of hydrogen-bond acceptors (Lipinski definition) is 4. The number of aromatic nitrogens is 3. The molecule has 0 aliphatic carbocycles. The van der Waals surface area contributed by atoms with Crippen LogP contribution in [0.1, 0.15) is 0 Å². The van der Waals surface area contributed by atoms with Crippen molar-refractivity contribution < 1.29 is 4.42 Å². The zero-order valence-corrected chi connectivity index (χ0v) is 25.8. The van der Waals surface area contributed by atoms with Crippen LogP contribution in [0.2, 0.25) is 0 Å². The molecule has 0 amide bonds. The van der Waals surface area contributed by atoms with Crippen LogP contribution in [-0.4, -0.2) is 14.5 Å². The van der Waals surface area contributed by atoms with Crippen molar-refractivity contribution >= 4 is 96.9 Å². The van der Waals surface area contributed by atoms with Crippen molar-refractivity contribution in [3.05, 3.63) is 140 Å². The van der Waals surface area contributed by atoms with Crippen LogP contribution in [0.15, 0.2) is 144 Å². The van der Waals surface area contributed by atoms with Crippen LogP contribution in [0.4, 0.5) is 0 Å². The van der Waals surface area contributed by atoms with Gasteiger partial charge in [0.1, 0.15) is 11.2 Å². The number of rotatable bonds is 2. The van der Waals surface area contributed by atoms with Gasteiger partial charge < -0.3 is 4.42 Å². The highest BCUT2D eigenvalue weighted by atomic mass is 32.1. The Morgan fingerprint density at radius 1 is 0.532 bits per heavy atom. The molecule has 0 unspecified atom stereocenters. The molecular formula is C42H23N3OS. The van der Waals surface area contributed by atoms with Crippen LogP contribution >= 0.6 is 11.3 Å². The van der Waals surface area contributed by atoms with Gasteiger partial charge in [-0.15, -0.1) is 11.3 Å². The number of fused-ring (bicyclic) bond motifs is 13. The second kappa shape index (κ2) is 9.25. The van der Waals surface area contributed by atoms with Crippen molar-refractivity contribution in [2.75, 3.05) is 0 Å². The molecular weight excluding hydrogens is 595 g/mol. The van der Waals surface area contributed by atoms with E-state index in [1.807, 2.05) is 29.5 Å². The molecule has 4 heterocycles. The van der Waals surface area contributed by atoms with Gasteiger partial charge in [-0.05, 0) is 47.2 Å². The summed E-state index contributed by atoms with van der Waals surface area (Å²) in [7, 11) is 0. The average molecular weight is 618 g/mol. The largest absolute Gasteiger partial charge is 0.455 e. The summed E-state index contributed by atoms with van der Waals surface area (Å²) in [6, 6.07) is 49.2. The lowest BCUT2D eigenvalue weighted by Crippen LogP contribution is -2.03. The van der Waals surface area contributed by atoms with Crippen LogP contribution in [0, 0.1) is 0 Å². The molecule has 47 heavy (non-hydrogen) atoms. The van der Waals surface area contributed by atoms with Crippen LogP contribution in [0.25, 0.3) is 103 Å². The van der Waals surface area contributed by atoms with Gasteiger partial charge in [-0.2, -0.15) is 0 Å². The Bertz CT molecular complexity index is 3090. The normalized spacial score (nSPS) is 12.3. The molecule has 0 saturated heterocycles. The van der Waals surface area contributed by atoms with Crippen LogP contribution in [-0.2, 0) is 0 Å². The molecule has 0 atom stereocenters. The van der Waals surface area contributed by atoms with Gasteiger partial charge in [-0.1, -0.05) is 103 Å². The van der Waals surface area contributed by atoms with Crippen molar-refractivity contribution in [2.45, 2.75) is 0 Å². The highest BCUT2D eigenvalue weighted by Crippen LogP contribution is 2.45. The molecule has 0 bridgehead atoms. The van der Waals surface area contributed by atoms with Crippen molar-refractivity contribution in [1.29, 1.82) is 0 Å². The van der Waals surface area contributed by atoms with Gasteiger partial charge in [0.15, 0.2) is 0 Å². The van der Waals surface area contributed by atoms with E-state index in [0.717, 1.165) is 60.5 Å². The third-order valence-corrected chi connectivity index (χ3v) is 10.8.